The van der Waals surface area contributed by atoms with Gasteiger partial charge in [-0.15, -0.1) is 5.10 Å². The molecule has 0 fully saturated rings. The predicted octanol–water partition coefficient (Wildman–Crippen LogP) is 4.57. The Morgan fingerprint density at radius 1 is 1.05 bits per heavy atom. The number of halogens is 2. The van der Waals surface area contributed by atoms with Gasteiger partial charge in [0.05, 0.1) is 5.69 Å². The number of hydrogen-bond donors (Lipinski definition) is 0. The van der Waals surface area contributed by atoms with Crippen LogP contribution in [-0.4, -0.2) is 20.2 Å². The highest BCUT2D eigenvalue weighted by Crippen LogP contribution is 2.31. The summed E-state index contributed by atoms with van der Waals surface area (Å²) in [5, 5.41) is 13.9. The van der Waals surface area contributed by atoms with Gasteiger partial charge in [0.25, 0.3) is 0 Å². The van der Waals surface area contributed by atoms with Crippen LogP contribution in [0.2, 0.25) is 10.0 Å². The molecule has 1 aromatic heterocycles. The summed E-state index contributed by atoms with van der Waals surface area (Å²) in [5.41, 5.74) is 2.95. The molecule has 0 spiro atoms. The van der Waals surface area contributed by atoms with E-state index in [-0.39, 0.29) is 0 Å². The van der Waals surface area contributed by atoms with Gasteiger partial charge in [-0.05, 0) is 46.7 Å². The van der Waals surface area contributed by atoms with Gasteiger partial charge < -0.3 is 0 Å². The molecule has 1 heterocycles. The topological polar surface area (TPSA) is 43.6 Å². The molecule has 0 atom stereocenters. The first-order chi connectivity index (χ1) is 10.7. The number of aryl methyl sites for hydroxylation is 1. The zero-order valence-electron chi connectivity index (χ0n) is 11.7. The van der Waals surface area contributed by atoms with Crippen LogP contribution in [0, 0.1) is 6.92 Å². The summed E-state index contributed by atoms with van der Waals surface area (Å²) in [5.74, 6) is 0.602. The van der Waals surface area contributed by atoms with Gasteiger partial charge in [0, 0.05) is 15.8 Å². The normalized spacial score (nSPS) is 10.9. The summed E-state index contributed by atoms with van der Waals surface area (Å²) in [6.07, 6.45) is 0. The van der Waals surface area contributed by atoms with Crippen molar-refractivity contribution in [3.8, 4) is 5.69 Å². The molecule has 0 saturated heterocycles. The van der Waals surface area contributed by atoms with Gasteiger partial charge in [0.15, 0.2) is 0 Å². The van der Waals surface area contributed by atoms with E-state index in [1.807, 2.05) is 49.4 Å². The molecule has 112 valence electrons. The van der Waals surface area contributed by atoms with Crippen molar-refractivity contribution in [2.24, 2.45) is 0 Å². The second kappa shape index (κ2) is 6.69. The predicted molar refractivity (Wildman–Crippen MR) is 89.9 cm³/mol. The molecule has 3 rings (SSSR count). The van der Waals surface area contributed by atoms with Crippen LogP contribution in [0.4, 0.5) is 0 Å². The van der Waals surface area contributed by atoms with E-state index in [2.05, 4.69) is 15.5 Å². The van der Waals surface area contributed by atoms with Crippen LogP contribution in [-0.2, 0) is 5.75 Å². The van der Waals surface area contributed by atoms with E-state index in [0.717, 1.165) is 16.8 Å². The molecular weight excluding hydrogens is 339 g/mol. The fourth-order valence-electron chi connectivity index (χ4n) is 2.03. The van der Waals surface area contributed by atoms with Crippen LogP contribution < -0.4 is 0 Å². The first kappa shape index (κ1) is 15.3. The van der Waals surface area contributed by atoms with Crippen LogP contribution in [0.5, 0.6) is 0 Å². The zero-order valence-corrected chi connectivity index (χ0v) is 14.0. The Kier molecular flexibility index (Phi) is 4.66. The molecule has 0 radical (unpaired) electrons. The number of hydrogen-bond acceptors (Lipinski definition) is 4. The second-order valence-corrected chi connectivity index (χ2v) is 6.41. The average Bonchev–Trinajstić information content (AvgIpc) is 2.95. The van der Waals surface area contributed by atoms with Crippen molar-refractivity contribution in [3.63, 3.8) is 0 Å². The van der Waals surface area contributed by atoms with Gasteiger partial charge in [-0.1, -0.05) is 59.2 Å². The lowest BCUT2D eigenvalue weighted by Crippen LogP contribution is -2.01. The summed E-state index contributed by atoms with van der Waals surface area (Å²) < 4.78 is 1.73. The molecule has 0 aliphatic carbocycles. The first-order valence-electron chi connectivity index (χ1n) is 6.57. The fourth-order valence-corrected chi connectivity index (χ4v) is 3.65. The standard InChI is InChI=1S/C15H12Cl2N4S/c1-10-5-2-3-8-14(10)21-15(18-19-20-21)22-9-11-12(16)6-4-7-13(11)17/h2-8H,9H2,1H3. The molecule has 0 bridgehead atoms. The monoisotopic (exact) mass is 350 g/mol. The van der Waals surface area contributed by atoms with Crippen LogP contribution in [0.25, 0.3) is 5.69 Å². The molecule has 0 unspecified atom stereocenters. The molecule has 0 amide bonds. The lowest BCUT2D eigenvalue weighted by Gasteiger charge is -2.08. The van der Waals surface area contributed by atoms with Gasteiger partial charge in [0.2, 0.25) is 5.16 Å². The largest absolute Gasteiger partial charge is 0.214 e. The molecule has 2 aromatic carbocycles. The van der Waals surface area contributed by atoms with Gasteiger partial charge in [-0.3, -0.25) is 0 Å². The SMILES string of the molecule is Cc1ccccc1-n1nnnc1SCc1c(Cl)cccc1Cl. The minimum atomic E-state index is 0.602. The average molecular weight is 351 g/mol. The molecular formula is C15H12Cl2N4S. The smallest absolute Gasteiger partial charge is 0.187 e. The number of thioether (sulfide) groups is 1. The highest BCUT2D eigenvalue weighted by Gasteiger charge is 2.13. The van der Waals surface area contributed by atoms with Gasteiger partial charge in [-0.25, -0.2) is 0 Å². The molecule has 4 nitrogen and oxygen atoms in total. The summed E-state index contributed by atoms with van der Waals surface area (Å²) in [4.78, 5) is 0. The maximum Gasteiger partial charge on any atom is 0.214 e. The minimum Gasteiger partial charge on any atom is -0.187 e. The van der Waals surface area contributed by atoms with Crippen molar-refractivity contribution in [2.75, 3.05) is 0 Å². The van der Waals surface area contributed by atoms with Gasteiger partial charge in [0.1, 0.15) is 0 Å². The Morgan fingerprint density at radius 2 is 1.77 bits per heavy atom. The third kappa shape index (κ3) is 3.11. The number of nitrogens with zero attached hydrogens (tertiary/aromatic N) is 4. The highest BCUT2D eigenvalue weighted by molar-refractivity contribution is 7.98. The maximum atomic E-state index is 6.20. The molecule has 0 saturated carbocycles. The van der Waals surface area contributed by atoms with Crippen molar-refractivity contribution in [3.05, 3.63) is 63.6 Å². The molecule has 22 heavy (non-hydrogen) atoms. The molecule has 0 N–H and O–H groups in total. The van der Waals surface area contributed by atoms with Gasteiger partial charge >= 0.3 is 0 Å². The lowest BCUT2D eigenvalue weighted by molar-refractivity contribution is 0.752. The number of rotatable bonds is 4. The molecule has 0 aliphatic rings. The van der Waals surface area contributed by atoms with Crippen molar-refractivity contribution < 1.29 is 0 Å². The Balaban J connectivity index is 1.86. The Bertz CT molecular complexity index is 783. The lowest BCUT2D eigenvalue weighted by atomic mass is 10.2. The first-order valence-corrected chi connectivity index (χ1v) is 8.31. The van der Waals surface area contributed by atoms with E-state index in [1.165, 1.54) is 11.8 Å². The Labute approximate surface area is 142 Å². The van der Waals surface area contributed by atoms with E-state index in [1.54, 1.807) is 4.68 Å². The van der Waals surface area contributed by atoms with E-state index >= 15 is 0 Å². The number of para-hydroxylation sites is 1. The van der Waals surface area contributed by atoms with Crippen LogP contribution >= 0.6 is 35.0 Å². The Morgan fingerprint density at radius 3 is 2.50 bits per heavy atom. The molecule has 7 heteroatoms. The summed E-state index contributed by atoms with van der Waals surface area (Å²) in [6.45, 7) is 2.02. The van der Waals surface area contributed by atoms with Gasteiger partial charge in [-0.2, -0.15) is 4.68 Å². The van der Waals surface area contributed by atoms with Crippen molar-refractivity contribution in [2.45, 2.75) is 17.8 Å². The van der Waals surface area contributed by atoms with E-state index in [0.29, 0.717) is 21.0 Å². The number of aromatic nitrogens is 4. The van der Waals surface area contributed by atoms with E-state index < -0.39 is 0 Å². The van der Waals surface area contributed by atoms with Crippen molar-refractivity contribution >= 4 is 35.0 Å². The number of tetrazole rings is 1. The van der Waals surface area contributed by atoms with Crippen LogP contribution in [0.15, 0.2) is 47.6 Å². The molecule has 0 aliphatic heterocycles. The Hall–Kier alpha value is -1.56. The van der Waals surface area contributed by atoms with Crippen molar-refractivity contribution in [1.82, 2.24) is 20.2 Å². The highest BCUT2D eigenvalue weighted by atomic mass is 35.5. The zero-order chi connectivity index (χ0) is 15.5. The summed E-state index contributed by atoms with van der Waals surface area (Å²) in [7, 11) is 0. The van der Waals surface area contributed by atoms with E-state index in [9.17, 15) is 0 Å². The van der Waals surface area contributed by atoms with E-state index in [4.69, 9.17) is 23.2 Å². The number of benzene rings is 2. The van der Waals surface area contributed by atoms with Crippen LogP contribution in [0.3, 0.4) is 0 Å². The minimum absolute atomic E-state index is 0.602. The van der Waals surface area contributed by atoms with Crippen LogP contribution in [0.1, 0.15) is 11.1 Å². The summed E-state index contributed by atoms with van der Waals surface area (Å²) >= 11 is 13.9. The maximum absolute atomic E-state index is 6.20. The third-order valence-corrected chi connectivity index (χ3v) is 4.85. The van der Waals surface area contributed by atoms with Crippen molar-refractivity contribution in [1.29, 1.82) is 0 Å². The quantitative estimate of drug-likeness (QED) is 0.646. The fraction of sp³-hybridized carbons (Fsp3) is 0.133. The third-order valence-electron chi connectivity index (χ3n) is 3.19. The summed E-state index contributed by atoms with van der Waals surface area (Å²) in [6, 6.07) is 13.4. The second-order valence-electron chi connectivity index (χ2n) is 4.65. The molecule has 3 aromatic rings.